The van der Waals surface area contributed by atoms with Crippen LogP contribution in [0.25, 0.3) is 0 Å². The predicted molar refractivity (Wildman–Crippen MR) is 80.8 cm³/mol. The Hall–Kier alpha value is -0.940. The van der Waals surface area contributed by atoms with Gasteiger partial charge in [-0.3, -0.25) is 4.90 Å². The van der Waals surface area contributed by atoms with E-state index in [2.05, 4.69) is 46.4 Å². The Labute approximate surface area is 121 Å². The van der Waals surface area contributed by atoms with Gasteiger partial charge in [0.25, 0.3) is 0 Å². The Morgan fingerprint density at radius 2 is 2.00 bits per heavy atom. The SMILES string of the molecule is CN1CCN(Cc2ccccc2C2CNCCO2)CC1. The Balaban J connectivity index is 1.69. The first-order chi connectivity index (χ1) is 9.83. The highest BCUT2D eigenvalue weighted by Gasteiger charge is 2.20. The van der Waals surface area contributed by atoms with Gasteiger partial charge >= 0.3 is 0 Å². The van der Waals surface area contributed by atoms with Crippen LogP contribution in [0.2, 0.25) is 0 Å². The van der Waals surface area contributed by atoms with E-state index in [1.54, 1.807) is 0 Å². The fourth-order valence-corrected chi connectivity index (χ4v) is 3.00. The maximum atomic E-state index is 5.92. The summed E-state index contributed by atoms with van der Waals surface area (Å²) in [7, 11) is 2.20. The number of ether oxygens (including phenoxy) is 1. The van der Waals surface area contributed by atoms with Gasteiger partial charge in [-0.15, -0.1) is 0 Å². The predicted octanol–water partition coefficient (Wildman–Crippen LogP) is 1.09. The van der Waals surface area contributed by atoms with E-state index >= 15 is 0 Å². The van der Waals surface area contributed by atoms with Gasteiger partial charge in [-0.25, -0.2) is 0 Å². The second-order valence-electron chi connectivity index (χ2n) is 5.84. The third kappa shape index (κ3) is 3.38. The number of hydrogen-bond acceptors (Lipinski definition) is 4. The zero-order valence-corrected chi connectivity index (χ0v) is 12.3. The van der Waals surface area contributed by atoms with Gasteiger partial charge in [-0.2, -0.15) is 0 Å². The van der Waals surface area contributed by atoms with Crippen LogP contribution in [0.3, 0.4) is 0 Å². The van der Waals surface area contributed by atoms with Crippen LogP contribution in [-0.2, 0) is 11.3 Å². The first-order valence-corrected chi connectivity index (χ1v) is 7.64. The number of piperazine rings is 1. The molecule has 1 aromatic carbocycles. The highest BCUT2D eigenvalue weighted by atomic mass is 16.5. The van der Waals surface area contributed by atoms with Gasteiger partial charge in [0.2, 0.25) is 0 Å². The monoisotopic (exact) mass is 275 g/mol. The van der Waals surface area contributed by atoms with Crippen LogP contribution in [0, 0.1) is 0 Å². The summed E-state index contributed by atoms with van der Waals surface area (Å²) in [6.45, 7) is 8.42. The fraction of sp³-hybridized carbons (Fsp3) is 0.625. The summed E-state index contributed by atoms with van der Waals surface area (Å²) in [5, 5.41) is 3.42. The van der Waals surface area contributed by atoms with Crippen LogP contribution in [-0.4, -0.2) is 62.7 Å². The zero-order valence-electron chi connectivity index (χ0n) is 12.3. The molecule has 2 saturated heterocycles. The van der Waals surface area contributed by atoms with E-state index in [0.29, 0.717) is 0 Å². The molecule has 4 nitrogen and oxygen atoms in total. The molecule has 0 aromatic heterocycles. The Morgan fingerprint density at radius 1 is 1.20 bits per heavy atom. The van der Waals surface area contributed by atoms with Gasteiger partial charge in [0.15, 0.2) is 0 Å². The molecule has 0 radical (unpaired) electrons. The van der Waals surface area contributed by atoms with E-state index in [1.165, 1.54) is 24.2 Å². The number of hydrogen-bond donors (Lipinski definition) is 1. The van der Waals surface area contributed by atoms with E-state index < -0.39 is 0 Å². The minimum Gasteiger partial charge on any atom is -0.371 e. The van der Waals surface area contributed by atoms with E-state index in [0.717, 1.165) is 39.3 Å². The topological polar surface area (TPSA) is 27.7 Å². The van der Waals surface area contributed by atoms with Gasteiger partial charge in [-0.05, 0) is 18.2 Å². The number of rotatable bonds is 3. The third-order valence-corrected chi connectivity index (χ3v) is 4.32. The van der Waals surface area contributed by atoms with Crippen LogP contribution in [0.1, 0.15) is 17.2 Å². The van der Waals surface area contributed by atoms with Crippen molar-refractivity contribution in [3.05, 3.63) is 35.4 Å². The average molecular weight is 275 g/mol. The van der Waals surface area contributed by atoms with Crippen molar-refractivity contribution >= 4 is 0 Å². The summed E-state index contributed by atoms with van der Waals surface area (Å²) in [6, 6.07) is 8.75. The van der Waals surface area contributed by atoms with Crippen LogP contribution in [0.4, 0.5) is 0 Å². The molecule has 1 atom stereocenters. The molecule has 1 N–H and O–H groups in total. The lowest BCUT2D eigenvalue weighted by atomic mass is 10.0. The molecule has 20 heavy (non-hydrogen) atoms. The van der Waals surface area contributed by atoms with Crippen LogP contribution in [0.15, 0.2) is 24.3 Å². The molecule has 3 rings (SSSR count). The summed E-state index contributed by atoms with van der Waals surface area (Å²) in [4.78, 5) is 4.95. The van der Waals surface area contributed by atoms with Gasteiger partial charge in [0.1, 0.15) is 0 Å². The maximum absolute atomic E-state index is 5.92. The minimum atomic E-state index is 0.215. The second kappa shape index (κ2) is 6.68. The van der Waals surface area contributed by atoms with E-state index in [4.69, 9.17) is 4.74 Å². The summed E-state index contributed by atoms with van der Waals surface area (Å²) in [5.41, 5.74) is 2.78. The van der Waals surface area contributed by atoms with Crippen LogP contribution >= 0.6 is 0 Å². The molecule has 2 heterocycles. The molecule has 2 aliphatic heterocycles. The van der Waals surface area contributed by atoms with E-state index in [1.807, 2.05) is 0 Å². The first kappa shape index (κ1) is 14.0. The number of likely N-dealkylation sites (N-methyl/N-ethyl adjacent to an activating group) is 1. The molecule has 0 saturated carbocycles. The molecule has 2 fully saturated rings. The summed E-state index contributed by atoms with van der Waals surface area (Å²) < 4.78 is 5.92. The Kier molecular flexibility index (Phi) is 4.68. The molecule has 0 bridgehead atoms. The molecule has 1 unspecified atom stereocenters. The second-order valence-corrected chi connectivity index (χ2v) is 5.84. The van der Waals surface area contributed by atoms with E-state index in [-0.39, 0.29) is 6.10 Å². The van der Waals surface area contributed by atoms with Crippen molar-refractivity contribution in [2.24, 2.45) is 0 Å². The summed E-state index contributed by atoms with van der Waals surface area (Å²) >= 11 is 0. The van der Waals surface area contributed by atoms with Crippen molar-refractivity contribution < 1.29 is 4.74 Å². The lowest BCUT2D eigenvalue weighted by Crippen LogP contribution is -2.44. The van der Waals surface area contributed by atoms with Crippen molar-refractivity contribution in [1.29, 1.82) is 0 Å². The van der Waals surface area contributed by atoms with Crippen LogP contribution in [0.5, 0.6) is 0 Å². The standard InChI is InChI=1S/C16H25N3O/c1-18-7-9-19(10-8-18)13-14-4-2-3-5-15(14)16-12-17-6-11-20-16/h2-5,16-17H,6-13H2,1H3. The molecule has 0 amide bonds. The molecular formula is C16H25N3O. The lowest BCUT2D eigenvalue weighted by molar-refractivity contribution is 0.0265. The number of morpholine rings is 1. The largest absolute Gasteiger partial charge is 0.371 e. The summed E-state index contributed by atoms with van der Waals surface area (Å²) in [5.74, 6) is 0. The highest BCUT2D eigenvalue weighted by molar-refractivity contribution is 5.29. The number of nitrogens with one attached hydrogen (secondary N) is 1. The zero-order chi connectivity index (χ0) is 13.8. The van der Waals surface area contributed by atoms with Gasteiger partial charge < -0.3 is 15.0 Å². The highest BCUT2D eigenvalue weighted by Crippen LogP contribution is 2.24. The van der Waals surface area contributed by atoms with Crippen molar-refractivity contribution in [2.45, 2.75) is 12.6 Å². The number of benzene rings is 1. The Bertz CT molecular complexity index is 423. The maximum Gasteiger partial charge on any atom is 0.0953 e. The quantitative estimate of drug-likeness (QED) is 0.894. The van der Waals surface area contributed by atoms with Crippen molar-refractivity contribution in [3.63, 3.8) is 0 Å². The molecule has 110 valence electrons. The van der Waals surface area contributed by atoms with Crippen molar-refractivity contribution in [1.82, 2.24) is 15.1 Å². The van der Waals surface area contributed by atoms with Crippen molar-refractivity contribution in [3.8, 4) is 0 Å². The van der Waals surface area contributed by atoms with Gasteiger partial charge in [-0.1, -0.05) is 24.3 Å². The fourth-order valence-electron chi connectivity index (χ4n) is 3.00. The first-order valence-electron chi connectivity index (χ1n) is 7.64. The lowest BCUT2D eigenvalue weighted by Gasteiger charge is -2.33. The van der Waals surface area contributed by atoms with Gasteiger partial charge in [0.05, 0.1) is 12.7 Å². The van der Waals surface area contributed by atoms with Gasteiger partial charge in [0, 0.05) is 45.8 Å². The Morgan fingerprint density at radius 3 is 2.75 bits per heavy atom. The molecule has 0 spiro atoms. The normalized spacial score (nSPS) is 25.8. The smallest absolute Gasteiger partial charge is 0.0953 e. The summed E-state index contributed by atoms with van der Waals surface area (Å²) in [6.07, 6.45) is 0.215. The van der Waals surface area contributed by atoms with Crippen LogP contribution < -0.4 is 5.32 Å². The van der Waals surface area contributed by atoms with E-state index in [9.17, 15) is 0 Å². The molecular weight excluding hydrogens is 250 g/mol. The molecule has 1 aromatic rings. The molecule has 0 aliphatic carbocycles. The third-order valence-electron chi connectivity index (χ3n) is 4.32. The average Bonchev–Trinajstić information content (AvgIpc) is 2.51. The minimum absolute atomic E-state index is 0.215. The molecule has 4 heteroatoms. The number of nitrogens with zero attached hydrogens (tertiary/aromatic N) is 2. The molecule has 2 aliphatic rings. The van der Waals surface area contributed by atoms with Crippen molar-refractivity contribution in [2.75, 3.05) is 52.9 Å².